The highest BCUT2D eigenvalue weighted by Crippen LogP contribution is 2.30. The lowest BCUT2D eigenvalue weighted by atomic mass is 10.2. The topological polar surface area (TPSA) is 56.5 Å². The molecule has 2 aromatic carbocycles. The molecule has 0 aliphatic rings. The number of ether oxygens (including phenoxy) is 1. The van der Waals surface area contributed by atoms with Gasteiger partial charge in [0.25, 0.3) is 0 Å². The summed E-state index contributed by atoms with van der Waals surface area (Å²) in [6, 6.07) is 15.8. The Labute approximate surface area is 142 Å². The van der Waals surface area contributed by atoms with Crippen LogP contribution in [0.1, 0.15) is 6.92 Å². The summed E-state index contributed by atoms with van der Waals surface area (Å²) < 4.78 is 6.86. The predicted molar refractivity (Wildman–Crippen MR) is 95.3 cm³/mol. The van der Waals surface area contributed by atoms with E-state index in [1.54, 1.807) is 0 Å². The van der Waals surface area contributed by atoms with Gasteiger partial charge in [0.1, 0.15) is 10.9 Å². The molecule has 4 rings (SSSR count). The van der Waals surface area contributed by atoms with Gasteiger partial charge in [-0.05, 0) is 31.2 Å². The van der Waals surface area contributed by atoms with Gasteiger partial charge in [-0.3, -0.25) is 9.20 Å². The van der Waals surface area contributed by atoms with Crippen LogP contribution in [0.4, 0.5) is 0 Å². The molecule has 0 aliphatic carbocycles. The first-order valence-corrected chi connectivity index (χ1v) is 8.47. The molecule has 120 valence electrons. The number of methoxy groups -OCH3 is 1. The van der Waals surface area contributed by atoms with E-state index in [1.165, 1.54) is 18.9 Å². The van der Waals surface area contributed by atoms with Gasteiger partial charge >= 0.3 is 5.97 Å². The quantitative estimate of drug-likeness (QED) is 0.324. The molecule has 2 aromatic heterocycles. The second-order valence-electron chi connectivity index (χ2n) is 5.45. The number of para-hydroxylation sites is 3. The third kappa shape index (κ3) is 2.30. The lowest BCUT2D eigenvalue weighted by molar-refractivity contribution is -0.139. The fraction of sp³-hybridized carbons (Fsp3) is 0.167. The Morgan fingerprint density at radius 3 is 2.58 bits per heavy atom. The zero-order valence-corrected chi connectivity index (χ0v) is 14.1. The van der Waals surface area contributed by atoms with E-state index in [4.69, 9.17) is 14.7 Å². The molecule has 5 nitrogen and oxygen atoms in total. The zero-order chi connectivity index (χ0) is 16.7. The van der Waals surface area contributed by atoms with Crippen molar-refractivity contribution in [2.24, 2.45) is 0 Å². The molecule has 0 saturated heterocycles. The van der Waals surface area contributed by atoms with E-state index in [1.807, 2.05) is 59.9 Å². The van der Waals surface area contributed by atoms with Crippen molar-refractivity contribution < 1.29 is 9.53 Å². The van der Waals surface area contributed by atoms with Gasteiger partial charge in [0.05, 0.1) is 23.7 Å². The molecule has 0 bridgehead atoms. The number of rotatable bonds is 3. The summed E-state index contributed by atoms with van der Waals surface area (Å²) in [5, 5.41) is 1.37. The molecular formula is C18H15N3O2S. The van der Waals surface area contributed by atoms with Gasteiger partial charge in [-0.2, -0.15) is 0 Å². The van der Waals surface area contributed by atoms with E-state index in [2.05, 4.69) is 0 Å². The fourth-order valence-electron chi connectivity index (χ4n) is 2.76. The van der Waals surface area contributed by atoms with Crippen LogP contribution in [-0.2, 0) is 9.53 Å². The minimum Gasteiger partial charge on any atom is -0.468 e. The number of carbonyl (C=O) groups excluding carboxylic acids is 1. The lowest BCUT2D eigenvalue weighted by Gasteiger charge is -2.11. The maximum absolute atomic E-state index is 11.8. The summed E-state index contributed by atoms with van der Waals surface area (Å²) in [6.45, 7) is 1.82. The molecule has 0 spiro atoms. The van der Waals surface area contributed by atoms with E-state index < -0.39 is 0 Å². The number of esters is 1. The summed E-state index contributed by atoms with van der Waals surface area (Å²) in [4.78, 5) is 21.4. The Kier molecular flexibility index (Phi) is 3.61. The van der Waals surface area contributed by atoms with Crippen molar-refractivity contribution in [2.45, 2.75) is 17.3 Å². The summed E-state index contributed by atoms with van der Waals surface area (Å²) >= 11 is 1.38. The highest BCUT2D eigenvalue weighted by atomic mass is 32.2. The Hall–Kier alpha value is -2.60. The molecule has 24 heavy (non-hydrogen) atoms. The molecule has 0 aliphatic heterocycles. The van der Waals surface area contributed by atoms with Gasteiger partial charge in [0.15, 0.2) is 5.16 Å². The first kappa shape index (κ1) is 15.0. The van der Waals surface area contributed by atoms with Gasteiger partial charge in [0.2, 0.25) is 0 Å². The molecule has 0 saturated carbocycles. The third-order valence-electron chi connectivity index (χ3n) is 3.93. The SMILES string of the molecule is COC(=O)[C@H](C)Sc1nc2ccccc2c2nc3ccccc3n12. The van der Waals surface area contributed by atoms with Crippen LogP contribution >= 0.6 is 11.8 Å². The number of aromatic nitrogens is 3. The van der Waals surface area contributed by atoms with Crippen molar-refractivity contribution >= 4 is 45.3 Å². The van der Waals surface area contributed by atoms with Crippen LogP contribution in [0.2, 0.25) is 0 Å². The molecule has 0 unspecified atom stereocenters. The molecular weight excluding hydrogens is 322 g/mol. The van der Waals surface area contributed by atoms with E-state index in [0.717, 1.165) is 32.7 Å². The molecule has 0 radical (unpaired) electrons. The van der Waals surface area contributed by atoms with Crippen molar-refractivity contribution in [2.75, 3.05) is 7.11 Å². The number of carbonyl (C=O) groups is 1. The molecule has 4 aromatic rings. The molecule has 0 fully saturated rings. The van der Waals surface area contributed by atoms with Crippen molar-refractivity contribution in [3.8, 4) is 0 Å². The van der Waals surface area contributed by atoms with Gasteiger partial charge in [0, 0.05) is 5.39 Å². The number of nitrogens with zero attached hydrogens (tertiary/aromatic N) is 3. The number of hydrogen-bond donors (Lipinski definition) is 0. The molecule has 0 amide bonds. The summed E-state index contributed by atoms with van der Waals surface area (Å²) in [5.74, 6) is -0.271. The van der Waals surface area contributed by atoms with E-state index in [-0.39, 0.29) is 11.2 Å². The summed E-state index contributed by atoms with van der Waals surface area (Å²) in [6.07, 6.45) is 0. The Balaban J connectivity index is 2.04. The van der Waals surface area contributed by atoms with Gasteiger partial charge in [-0.15, -0.1) is 0 Å². The first-order chi connectivity index (χ1) is 11.7. The summed E-state index contributed by atoms with van der Waals surface area (Å²) in [5.41, 5.74) is 3.59. The minimum absolute atomic E-state index is 0.271. The van der Waals surface area contributed by atoms with Crippen molar-refractivity contribution in [1.82, 2.24) is 14.4 Å². The normalized spacial score (nSPS) is 12.8. The van der Waals surface area contributed by atoms with Crippen LogP contribution in [0.15, 0.2) is 53.7 Å². The van der Waals surface area contributed by atoms with Crippen molar-refractivity contribution in [3.05, 3.63) is 48.5 Å². The number of benzene rings is 2. The Morgan fingerprint density at radius 1 is 1.08 bits per heavy atom. The maximum atomic E-state index is 11.8. The van der Waals surface area contributed by atoms with Crippen LogP contribution in [0.25, 0.3) is 27.6 Å². The standard InChI is InChI=1S/C18H15N3O2S/c1-11(17(22)23-2)24-18-20-13-8-4-3-7-12(13)16-19-14-9-5-6-10-15(14)21(16)18/h3-11H,1-2H3/t11-/m0/s1. The number of thioether (sulfide) groups is 1. The molecule has 0 N–H and O–H groups in total. The molecule has 1 atom stereocenters. The summed E-state index contributed by atoms with van der Waals surface area (Å²) in [7, 11) is 1.40. The van der Waals surface area contributed by atoms with Crippen LogP contribution < -0.4 is 0 Å². The highest BCUT2D eigenvalue weighted by molar-refractivity contribution is 8.00. The average Bonchev–Trinajstić information content (AvgIpc) is 3.01. The monoisotopic (exact) mass is 337 g/mol. The zero-order valence-electron chi connectivity index (χ0n) is 13.3. The van der Waals surface area contributed by atoms with Crippen molar-refractivity contribution in [3.63, 3.8) is 0 Å². The van der Waals surface area contributed by atoms with Crippen LogP contribution in [0.3, 0.4) is 0 Å². The highest BCUT2D eigenvalue weighted by Gasteiger charge is 2.20. The van der Waals surface area contributed by atoms with Gasteiger partial charge in [-0.1, -0.05) is 36.0 Å². The van der Waals surface area contributed by atoms with Crippen molar-refractivity contribution in [1.29, 1.82) is 0 Å². The van der Waals surface area contributed by atoms with Crippen LogP contribution in [0.5, 0.6) is 0 Å². The van der Waals surface area contributed by atoms with E-state index in [9.17, 15) is 4.79 Å². The number of hydrogen-bond acceptors (Lipinski definition) is 5. The second-order valence-corrected chi connectivity index (χ2v) is 6.76. The third-order valence-corrected chi connectivity index (χ3v) is 4.96. The number of fused-ring (bicyclic) bond motifs is 5. The average molecular weight is 337 g/mol. The molecule has 2 heterocycles. The fourth-order valence-corrected chi connectivity index (χ4v) is 3.71. The van der Waals surface area contributed by atoms with Crippen LogP contribution in [-0.4, -0.2) is 32.7 Å². The lowest BCUT2D eigenvalue weighted by Crippen LogP contribution is -2.15. The van der Waals surface area contributed by atoms with Crippen LogP contribution in [0, 0.1) is 0 Å². The smallest absolute Gasteiger partial charge is 0.318 e. The van der Waals surface area contributed by atoms with Gasteiger partial charge in [-0.25, -0.2) is 9.97 Å². The first-order valence-electron chi connectivity index (χ1n) is 7.59. The Morgan fingerprint density at radius 2 is 1.79 bits per heavy atom. The predicted octanol–water partition coefficient (Wildman–Crippen LogP) is 3.69. The maximum Gasteiger partial charge on any atom is 0.318 e. The largest absolute Gasteiger partial charge is 0.468 e. The van der Waals surface area contributed by atoms with Gasteiger partial charge < -0.3 is 4.74 Å². The van der Waals surface area contributed by atoms with E-state index in [0.29, 0.717) is 0 Å². The second kappa shape index (κ2) is 5.79. The van der Waals surface area contributed by atoms with E-state index >= 15 is 0 Å². The Bertz CT molecular complexity index is 1070. The molecule has 6 heteroatoms. The minimum atomic E-state index is -0.354. The number of imidazole rings is 1.